The first-order chi connectivity index (χ1) is 29.2. The molecule has 0 aliphatic rings. The topological polar surface area (TPSA) is 149 Å². The molecule has 0 amide bonds. The molecule has 3 atom stereocenters. The second kappa shape index (κ2) is 45.7. The zero-order valence-electron chi connectivity index (χ0n) is 38.9. The maximum absolute atomic E-state index is 12.7. The number of aliphatic hydroxyl groups is 2. The number of carbonyl (C=O) groups excluding carboxylic acids is 2. The summed E-state index contributed by atoms with van der Waals surface area (Å²) < 4.78 is 32.9. The second-order valence-electron chi connectivity index (χ2n) is 17.2. The van der Waals surface area contributed by atoms with Gasteiger partial charge in [0.1, 0.15) is 12.7 Å². The zero-order chi connectivity index (χ0) is 44.0. The number of hydrogen-bond acceptors (Lipinski definition) is 9. The molecule has 0 spiro atoms. The lowest BCUT2D eigenvalue weighted by molar-refractivity contribution is -0.161. The number of unbranched alkanes of at least 4 members (excludes halogenated alkanes) is 32. The molecule has 0 aliphatic heterocycles. The fraction of sp³-hybridized carbons (Fsp3) is 0.918. The Hall–Kier alpha value is -1.29. The van der Waals surface area contributed by atoms with E-state index in [9.17, 15) is 24.2 Å². The van der Waals surface area contributed by atoms with Crippen molar-refractivity contribution < 1.29 is 47.8 Å². The van der Waals surface area contributed by atoms with Gasteiger partial charge in [0.05, 0.1) is 19.8 Å². The molecule has 1 unspecified atom stereocenters. The Morgan fingerprint density at radius 1 is 0.483 bits per heavy atom. The van der Waals surface area contributed by atoms with E-state index in [0.29, 0.717) is 12.8 Å². The van der Waals surface area contributed by atoms with E-state index in [1.165, 1.54) is 173 Å². The van der Waals surface area contributed by atoms with Gasteiger partial charge in [-0.1, -0.05) is 212 Å². The summed E-state index contributed by atoms with van der Waals surface area (Å²) in [5.41, 5.74) is 0. The molecule has 0 radical (unpaired) electrons. The third kappa shape index (κ3) is 44.8. The van der Waals surface area contributed by atoms with Crippen molar-refractivity contribution in [1.82, 2.24) is 0 Å². The SMILES string of the molecule is CCCCCCCCCC/C=C\CCCCCCCCCC(=O)O[C@H](COC(=O)CCCCCCCCCCCCCCCCCCCC)COP(=O)(O)OC[C@@H](O)CO. The molecule has 0 saturated heterocycles. The molecule has 0 fully saturated rings. The molecule has 0 bridgehead atoms. The largest absolute Gasteiger partial charge is 0.472 e. The first kappa shape index (κ1) is 58.7. The van der Waals surface area contributed by atoms with Gasteiger partial charge in [-0.15, -0.1) is 0 Å². The van der Waals surface area contributed by atoms with Crippen LogP contribution in [0.2, 0.25) is 0 Å². The third-order valence-electron chi connectivity index (χ3n) is 11.2. The van der Waals surface area contributed by atoms with Crippen molar-refractivity contribution in [3.8, 4) is 0 Å². The summed E-state index contributed by atoms with van der Waals surface area (Å²) in [4.78, 5) is 35.1. The van der Waals surface area contributed by atoms with Gasteiger partial charge in [0.2, 0.25) is 0 Å². The Bertz CT molecular complexity index is 1010. The lowest BCUT2D eigenvalue weighted by atomic mass is 10.0. The summed E-state index contributed by atoms with van der Waals surface area (Å²) in [5, 5.41) is 18.4. The monoisotopic (exact) mass is 875 g/mol. The third-order valence-corrected chi connectivity index (χ3v) is 12.1. The highest BCUT2D eigenvalue weighted by Gasteiger charge is 2.27. The van der Waals surface area contributed by atoms with Crippen molar-refractivity contribution in [1.29, 1.82) is 0 Å². The lowest BCUT2D eigenvalue weighted by Gasteiger charge is -2.20. The van der Waals surface area contributed by atoms with E-state index >= 15 is 0 Å². The Labute approximate surface area is 368 Å². The van der Waals surface area contributed by atoms with Gasteiger partial charge in [-0.2, -0.15) is 0 Å². The number of ether oxygens (including phenoxy) is 2. The van der Waals surface area contributed by atoms with Crippen LogP contribution in [0.1, 0.15) is 251 Å². The Kier molecular flexibility index (Phi) is 44.7. The first-order valence-electron chi connectivity index (χ1n) is 25.1. The van der Waals surface area contributed by atoms with E-state index in [4.69, 9.17) is 23.6 Å². The number of rotatable bonds is 48. The van der Waals surface area contributed by atoms with Gasteiger partial charge in [0.25, 0.3) is 0 Å². The fourth-order valence-electron chi connectivity index (χ4n) is 7.28. The van der Waals surface area contributed by atoms with Crippen molar-refractivity contribution in [3.63, 3.8) is 0 Å². The van der Waals surface area contributed by atoms with Crippen LogP contribution in [0.5, 0.6) is 0 Å². The number of phosphoric ester groups is 1. The van der Waals surface area contributed by atoms with E-state index in [1.807, 2.05) is 0 Å². The van der Waals surface area contributed by atoms with Crippen LogP contribution in [0.15, 0.2) is 12.2 Å². The molecule has 0 saturated carbocycles. The van der Waals surface area contributed by atoms with Gasteiger partial charge >= 0.3 is 19.8 Å². The van der Waals surface area contributed by atoms with Crippen LogP contribution in [-0.4, -0.2) is 65.7 Å². The molecule has 356 valence electrons. The van der Waals surface area contributed by atoms with E-state index in [-0.39, 0.29) is 19.4 Å². The summed E-state index contributed by atoms with van der Waals surface area (Å²) in [6, 6.07) is 0. The smallest absolute Gasteiger partial charge is 0.462 e. The van der Waals surface area contributed by atoms with Crippen molar-refractivity contribution in [3.05, 3.63) is 12.2 Å². The van der Waals surface area contributed by atoms with Gasteiger partial charge in [-0.3, -0.25) is 18.6 Å². The van der Waals surface area contributed by atoms with Crippen LogP contribution < -0.4 is 0 Å². The average Bonchev–Trinajstić information content (AvgIpc) is 3.24. The van der Waals surface area contributed by atoms with Crippen molar-refractivity contribution in [2.24, 2.45) is 0 Å². The van der Waals surface area contributed by atoms with E-state index in [1.54, 1.807) is 0 Å². The molecular formula is C49H95O10P. The van der Waals surface area contributed by atoms with Crippen LogP contribution >= 0.6 is 7.82 Å². The van der Waals surface area contributed by atoms with Crippen LogP contribution in [-0.2, 0) is 32.7 Å². The molecule has 10 nitrogen and oxygen atoms in total. The minimum absolute atomic E-state index is 0.184. The van der Waals surface area contributed by atoms with Crippen molar-refractivity contribution in [2.45, 2.75) is 264 Å². The van der Waals surface area contributed by atoms with Gasteiger partial charge < -0.3 is 24.6 Å². The Morgan fingerprint density at radius 3 is 1.20 bits per heavy atom. The summed E-state index contributed by atoms with van der Waals surface area (Å²) in [6.07, 6.45) is 46.0. The average molecular weight is 875 g/mol. The molecule has 60 heavy (non-hydrogen) atoms. The van der Waals surface area contributed by atoms with Gasteiger partial charge in [0, 0.05) is 12.8 Å². The number of carbonyl (C=O) groups is 2. The van der Waals surface area contributed by atoms with Crippen molar-refractivity contribution >= 4 is 19.8 Å². The highest BCUT2D eigenvalue weighted by Crippen LogP contribution is 2.43. The number of aliphatic hydroxyl groups excluding tert-OH is 2. The molecule has 0 aromatic rings. The van der Waals surface area contributed by atoms with Crippen LogP contribution in [0.3, 0.4) is 0 Å². The minimum atomic E-state index is -4.62. The minimum Gasteiger partial charge on any atom is -0.462 e. The standard InChI is InChI=1S/C49H95O10P/c1-3-5-7-9-11-13-15-17-19-21-23-25-27-29-31-33-35-37-39-41-49(53)59-47(45-58-60(54,55)57-43-46(51)42-50)44-56-48(52)40-38-36-34-32-30-28-26-24-22-20-18-16-14-12-10-8-6-4-2/h21,23,46-47,50-51H,3-20,22,24-45H2,1-2H3,(H,54,55)/b23-21-/t46-,47+/m0/s1. The zero-order valence-corrected chi connectivity index (χ0v) is 39.8. The van der Waals surface area contributed by atoms with E-state index in [0.717, 1.165) is 38.5 Å². The molecule has 11 heteroatoms. The van der Waals surface area contributed by atoms with Gasteiger partial charge in [0.15, 0.2) is 6.10 Å². The maximum atomic E-state index is 12.7. The van der Waals surface area contributed by atoms with Crippen LogP contribution in [0, 0.1) is 0 Å². The summed E-state index contributed by atoms with van der Waals surface area (Å²) in [7, 11) is -4.62. The quantitative estimate of drug-likeness (QED) is 0.0233. The Morgan fingerprint density at radius 2 is 0.817 bits per heavy atom. The predicted octanol–water partition coefficient (Wildman–Crippen LogP) is 14.0. The molecule has 0 aromatic heterocycles. The molecular weight excluding hydrogens is 780 g/mol. The van der Waals surface area contributed by atoms with Crippen LogP contribution in [0.25, 0.3) is 0 Å². The molecule has 0 aromatic carbocycles. The summed E-state index contributed by atoms with van der Waals surface area (Å²) >= 11 is 0. The van der Waals surface area contributed by atoms with Crippen LogP contribution in [0.4, 0.5) is 0 Å². The molecule has 3 N–H and O–H groups in total. The van der Waals surface area contributed by atoms with Crippen molar-refractivity contribution in [2.75, 3.05) is 26.4 Å². The first-order valence-corrected chi connectivity index (χ1v) is 26.6. The molecule has 0 rings (SSSR count). The highest BCUT2D eigenvalue weighted by molar-refractivity contribution is 7.47. The Balaban J connectivity index is 4.17. The van der Waals surface area contributed by atoms with E-state index in [2.05, 4.69) is 26.0 Å². The number of hydrogen-bond donors (Lipinski definition) is 3. The van der Waals surface area contributed by atoms with Gasteiger partial charge in [-0.05, 0) is 38.5 Å². The fourth-order valence-corrected chi connectivity index (χ4v) is 8.07. The maximum Gasteiger partial charge on any atom is 0.472 e. The number of phosphoric acid groups is 1. The molecule has 0 aliphatic carbocycles. The lowest BCUT2D eigenvalue weighted by Crippen LogP contribution is -2.29. The second-order valence-corrected chi connectivity index (χ2v) is 18.7. The highest BCUT2D eigenvalue weighted by atomic mass is 31.2. The predicted molar refractivity (Wildman–Crippen MR) is 247 cm³/mol. The summed E-state index contributed by atoms with van der Waals surface area (Å²) in [5.74, 6) is -0.914. The molecule has 0 heterocycles. The summed E-state index contributed by atoms with van der Waals surface area (Å²) in [6.45, 7) is 2.43. The number of esters is 2. The normalized spacial score (nSPS) is 13.8. The number of allylic oxidation sites excluding steroid dienone is 2. The van der Waals surface area contributed by atoms with Gasteiger partial charge in [-0.25, -0.2) is 4.57 Å². The van der Waals surface area contributed by atoms with E-state index < -0.39 is 51.8 Å².